The fourth-order valence-electron chi connectivity index (χ4n) is 3.17. The third kappa shape index (κ3) is 7.34. The average Bonchev–Trinajstić information content (AvgIpc) is 2.79. The number of benzene rings is 1. The van der Waals surface area contributed by atoms with Gasteiger partial charge in [0.15, 0.2) is 0 Å². The summed E-state index contributed by atoms with van der Waals surface area (Å²) in [7, 11) is -3.45. The number of halogens is 1. The standard InChI is InChI=1S/C18H27ClN2O3S/c1-25(23,24)21(12-11-15-7-6-8-16(19)13-15)14-18(22)20-17-9-4-2-3-5-10-17/h6-8,13,17H,2-5,9-12,14H2,1H3,(H,20,22). The summed E-state index contributed by atoms with van der Waals surface area (Å²) < 4.78 is 25.3. The Kier molecular flexibility index (Phi) is 7.72. The van der Waals surface area contributed by atoms with Crippen LogP contribution < -0.4 is 5.32 Å². The summed E-state index contributed by atoms with van der Waals surface area (Å²) in [5, 5.41) is 3.62. The van der Waals surface area contributed by atoms with Crippen LogP contribution in [0.5, 0.6) is 0 Å². The summed E-state index contributed by atoms with van der Waals surface area (Å²) in [6.45, 7) is 0.132. The molecule has 0 radical (unpaired) electrons. The molecule has 1 aliphatic rings. The number of hydrogen-bond acceptors (Lipinski definition) is 3. The van der Waals surface area contributed by atoms with E-state index < -0.39 is 10.0 Å². The van der Waals surface area contributed by atoms with E-state index in [4.69, 9.17) is 11.6 Å². The molecule has 1 saturated carbocycles. The number of nitrogens with zero attached hydrogens (tertiary/aromatic N) is 1. The monoisotopic (exact) mass is 386 g/mol. The molecular formula is C18H27ClN2O3S. The topological polar surface area (TPSA) is 66.5 Å². The van der Waals surface area contributed by atoms with Gasteiger partial charge in [-0.25, -0.2) is 8.42 Å². The minimum atomic E-state index is -3.45. The Labute approximate surface area is 155 Å². The number of carbonyl (C=O) groups is 1. The Morgan fingerprint density at radius 2 is 1.92 bits per heavy atom. The van der Waals surface area contributed by atoms with Crippen molar-refractivity contribution in [3.63, 3.8) is 0 Å². The molecule has 1 N–H and O–H groups in total. The van der Waals surface area contributed by atoms with Crippen molar-refractivity contribution < 1.29 is 13.2 Å². The van der Waals surface area contributed by atoms with Crippen molar-refractivity contribution in [1.29, 1.82) is 0 Å². The van der Waals surface area contributed by atoms with Gasteiger partial charge in [-0.2, -0.15) is 4.31 Å². The van der Waals surface area contributed by atoms with Gasteiger partial charge in [0.25, 0.3) is 0 Å². The molecule has 25 heavy (non-hydrogen) atoms. The average molecular weight is 387 g/mol. The van der Waals surface area contributed by atoms with Gasteiger partial charge in [-0.05, 0) is 37.0 Å². The summed E-state index contributed by atoms with van der Waals surface area (Å²) in [4.78, 5) is 12.3. The van der Waals surface area contributed by atoms with Crippen LogP contribution in [0.1, 0.15) is 44.1 Å². The van der Waals surface area contributed by atoms with Crippen molar-refractivity contribution >= 4 is 27.5 Å². The number of hydrogen-bond donors (Lipinski definition) is 1. The zero-order chi connectivity index (χ0) is 18.3. The fourth-order valence-corrected chi connectivity index (χ4v) is 4.15. The molecule has 1 aromatic rings. The van der Waals surface area contributed by atoms with E-state index in [1.807, 2.05) is 18.2 Å². The lowest BCUT2D eigenvalue weighted by Crippen LogP contribution is -2.44. The number of rotatable bonds is 7. The van der Waals surface area contributed by atoms with Crippen molar-refractivity contribution in [2.45, 2.75) is 51.0 Å². The Bertz CT molecular complexity index is 671. The first-order chi connectivity index (χ1) is 11.8. The van der Waals surface area contributed by atoms with Crippen LogP contribution in [0, 0.1) is 0 Å². The predicted molar refractivity (Wildman–Crippen MR) is 101 cm³/mol. The summed E-state index contributed by atoms with van der Waals surface area (Å²) in [6.07, 6.45) is 8.28. The van der Waals surface area contributed by atoms with Crippen LogP contribution in [0.4, 0.5) is 0 Å². The van der Waals surface area contributed by atoms with Crippen LogP contribution in [0.2, 0.25) is 5.02 Å². The van der Waals surface area contributed by atoms with Crippen LogP contribution in [-0.4, -0.2) is 44.0 Å². The highest BCUT2D eigenvalue weighted by Gasteiger charge is 2.22. The third-order valence-corrected chi connectivity index (χ3v) is 6.03. The molecule has 1 amide bonds. The molecule has 7 heteroatoms. The van der Waals surface area contributed by atoms with Gasteiger partial charge in [0.05, 0.1) is 12.8 Å². The van der Waals surface area contributed by atoms with Crippen LogP contribution in [0.25, 0.3) is 0 Å². The van der Waals surface area contributed by atoms with E-state index in [1.54, 1.807) is 6.07 Å². The maximum Gasteiger partial charge on any atom is 0.235 e. The maximum atomic E-state index is 12.3. The zero-order valence-corrected chi connectivity index (χ0v) is 16.3. The van der Waals surface area contributed by atoms with E-state index >= 15 is 0 Å². The molecule has 1 fully saturated rings. The van der Waals surface area contributed by atoms with E-state index in [0.29, 0.717) is 11.4 Å². The number of carbonyl (C=O) groups excluding carboxylic acids is 1. The SMILES string of the molecule is CS(=O)(=O)N(CCc1cccc(Cl)c1)CC(=O)NC1CCCCCC1. The van der Waals surface area contributed by atoms with Gasteiger partial charge in [0, 0.05) is 17.6 Å². The van der Waals surface area contributed by atoms with Crippen molar-refractivity contribution in [3.8, 4) is 0 Å². The first-order valence-corrected chi connectivity index (χ1v) is 11.1. The molecule has 0 spiro atoms. The quantitative estimate of drug-likeness (QED) is 0.732. The highest BCUT2D eigenvalue weighted by atomic mass is 35.5. The minimum absolute atomic E-state index is 0.129. The molecule has 5 nitrogen and oxygen atoms in total. The van der Waals surface area contributed by atoms with Crippen LogP contribution in [0.3, 0.4) is 0 Å². The molecule has 0 aromatic heterocycles. The van der Waals surface area contributed by atoms with Gasteiger partial charge in [-0.1, -0.05) is 49.4 Å². The van der Waals surface area contributed by atoms with E-state index in [-0.39, 0.29) is 25.0 Å². The van der Waals surface area contributed by atoms with Gasteiger partial charge >= 0.3 is 0 Å². The maximum absolute atomic E-state index is 12.3. The Morgan fingerprint density at radius 3 is 2.52 bits per heavy atom. The Morgan fingerprint density at radius 1 is 1.24 bits per heavy atom. The van der Waals surface area contributed by atoms with Gasteiger partial charge in [-0.3, -0.25) is 4.79 Å². The molecule has 0 saturated heterocycles. The normalized spacial score (nSPS) is 16.6. The molecule has 2 rings (SSSR count). The van der Waals surface area contributed by atoms with Crippen LogP contribution in [-0.2, 0) is 21.2 Å². The first-order valence-electron chi connectivity index (χ1n) is 8.83. The summed E-state index contributed by atoms with van der Waals surface area (Å²) in [6, 6.07) is 7.50. The molecule has 1 aliphatic carbocycles. The van der Waals surface area contributed by atoms with Gasteiger partial charge in [0.2, 0.25) is 15.9 Å². The molecule has 0 bridgehead atoms. The van der Waals surface area contributed by atoms with Gasteiger partial charge < -0.3 is 5.32 Å². The second-order valence-corrected chi connectivity index (χ2v) is 9.15. The number of sulfonamides is 1. The van der Waals surface area contributed by atoms with E-state index in [9.17, 15) is 13.2 Å². The van der Waals surface area contributed by atoms with Gasteiger partial charge in [-0.15, -0.1) is 0 Å². The predicted octanol–water partition coefficient (Wildman–Crippen LogP) is 2.98. The lowest BCUT2D eigenvalue weighted by Gasteiger charge is -2.22. The van der Waals surface area contributed by atoms with Gasteiger partial charge in [0.1, 0.15) is 0 Å². The Hall–Kier alpha value is -1.11. The number of nitrogens with one attached hydrogen (secondary N) is 1. The van der Waals surface area contributed by atoms with E-state index in [1.165, 1.54) is 17.1 Å². The third-order valence-electron chi connectivity index (χ3n) is 4.55. The second-order valence-electron chi connectivity index (χ2n) is 6.73. The van der Waals surface area contributed by atoms with Crippen molar-refractivity contribution in [3.05, 3.63) is 34.9 Å². The molecule has 0 atom stereocenters. The number of amides is 1. The smallest absolute Gasteiger partial charge is 0.235 e. The van der Waals surface area contributed by atoms with Crippen molar-refractivity contribution in [2.75, 3.05) is 19.3 Å². The van der Waals surface area contributed by atoms with Crippen LogP contribution in [0.15, 0.2) is 24.3 Å². The van der Waals surface area contributed by atoms with E-state index in [0.717, 1.165) is 37.5 Å². The zero-order valence-electron chi connectivity index (χ0n) is 14.7. The molecule has 0 unspecified atom stereocenters. The van der Waals surface area contributed by atoms with Crippen molar-refractivity contribution in [1.82, 2.24) is 9.62 Å². The molecule has 140 valence electrons. The molecular weight excluding hydrogens is 360 g/mol. The lowest BCUT2D eigenvalue weighted by molar-refractivity contribution is -0.122. The molecule has 0 heterocycles. The van der Waals surface area contributed by atoms with E-state index in [2.05, 4.69) is 5.32 Å². The minimum Gasteiger partial charge on any atom is -0.352 e. The lowest BCUT2D eigenvalue weighted by atomic mass is 10.1. The summed E-state index contributed by atoms with van der Waals surface area (Å²) >= 11 is 5.96. The second kappa shape index (κ2) is 9.55. The first kappa shape index (κ1) is 20.2. The highest BCUT2D eigenvalue weighted by Crippen LogP contribution is 2.17. The van der Waals surface area contributed by atoms with Crippen molar-refractivity contribution in [2.24, 2.45) is 0 Å². The Balaban J connectivity index is 1.91. The summed E-state index contributed by atoms with van der Waals surface area (Å²) in [5.41, 5.74) is 0.949. The largest absolute Gasteiger partial charge is 0.352 e. The highest BCUT2D eigenvalue weighted by molar-refractivity contribution is 7.88. The van der Waals surface area contributed by atoms with Crippen LogP contribution >= 0.6 is 11.6 Å². The molecule has 1 aromatic carbocycles. The molecule has 0 aliphatic heterocycles. The summed E-state index contributed by atoms with van der Waals surface area (Å²) in [5.74, 6) is -0.219. The fraction of sp³-hybridized carbons (Fsp3) is 0.611.